The Morgan fingerprint density at radius 2 is 2.06 bits per heavy atom. The molecule has 0 amide bonds. The molecule has 0 bridgehead atoms. The molecule has 0 aromatic heterocycles. The van der Waals surface area contributed by atoms with E-state index in [1.165, 1.54) is 12.8 Å². The minimum Gasteiger partial charge on any atom is -0.481 e. The van der Waals surface area contributed by atoms with Crippen molar-refractivity contribution in [1.29, 1.82) is 0 Å². The SMILES string of the molecule is C[C@@H]1CCN(CC2(C(=O)O)CCCCC2)C1. The maximum absolute atomic E-state index is 11.5. The van der Waals surface area contributed by atoms with Gasteiger partial charge in [-0.1, -0.05) is 26.2 Å². The van der Waals surface area contributed by atoms with Crippen LogP contribution in [0.1, 0.15) is 45.4 Å². The topological polar surface area (TPSA) is 40.5 Å². The average molecular weight is 225 g/mol. The fourth-order valence-corrected chi connectivity index (χ4v) is 3.27. The minimum atomic E-state index is -0.563. The van der Waals surface area contributed by atoms with E-state index in [1.54, 1.807) is 0 Å². The molecule has 1 aliphatic carbocycles. The third-order valence-electron chi connectivity index (χ3n) is 4.30. The quantitative estimate of drug-likeness (QED) is 0.801. The van der Waals surface area contributed by atoms with Gasteiger partial charge in [-0.25, -0.2) is 0 Å². The van der Waals surface area contributed by atoms with Crippen molar-refractivity contribution in [2.24, 2.45) is 11.3 Å². The molecule has 0 aromatic carbocycles. The Hall–Kier alpha value is -0.570. The van der Waals surface area contributed by atoms with Crippen LogP contribution in [0, 0.1) is 11.3 Å². The summed E-state index contributed by atoms with van der Waals surface area (Å²) in [5.74, 6) is 0.182. The molecule has 1 atom stereocenters. The van der Waals surface area contributed by atoms with Crippen LogP contribution in [0.5, 0.6) is 0 Å². The molecule has 3 heteroatoms. The van der Waals surface area contributed by atoms with Crippen LogP contribution in [0.15, 0.2) is 0 Å². The van der Waals surface area contributed by atoms with Crippen LogP contribution < -0.4 is 0 Å². The Labute approximate surface area is 97.8 Å². The van der Waals surface area contributed by atoms with E-state index in [1.807, 2.05) is 0 Å². The highest BCUT2D eigenvalue weighted by molar-refractivity contribution is 5.75. The number of aliphatic carboxylic acids is 1. The molecule has 2 aliphatic rings. The van der Waals surface area contributed by atoms with Crippen molar-refractivity contribution < 1.29 is 9.90 Å². The number of rotatable bonds is 3. The largest absolute Gasteiger partial charge is 0.481 e. The van der Waals surface area contributed by atoms with E-state index >= 15 is 0 Å². The van der Waals surface area contributed by atoms with Gasteiger partial charge in [-0.15, -0.1) is 0 Å². The standard InChI is InChI=1S/C13H23NO2/c1-11-5-8-14(9-11)10-13(12(15)16)6-3-2-4-7-13/h11H,2-10H2,1H3,(H,15,16)/t11-/m1/s1. The first-order valence-electron chi connectivity index (χ1n) is 6.58. The number of carboxylic acids is 1. The Kier molecular flexibility index (Phi) is 3.53. The first kappa shape index (κ1) is 11.9. The van der Waals surface area contributed by atoms with Crippen molar-refractivity contribution in [3.8, 4) is 0 Å². The van der Waals surface area contributed by atoms with Gasteiger partial charge in [-0.2, -0.15) is 0 Å². The molecule has 1 saturated heterocycles. The molecule has 2 rings (SSSR count). The fourth-order valence-electron chi connectivity index (χ4n) is 3.27. The lowest BCUT2D eigenvalue weighted by Crippen LogP contribution is -2.43. The van der Waals surface area contributed by atoms with Gasteiger partial charge in [0.2, 0.25) is 0 Å². The molecule has 0 radical (unpaired) electrons. The van der Waals surface area contributed by atoms with Crippen molar-refractivity contribution in [2.75, 3.05) is 19.6 Å². The lowest BCUT2D eigenvalue weighted by atomic mass is 9.73. The summed E-state index contributed by atoms with van der Waals surface area (Å²) in [7, 11) is 0. The Bertz CT molecular complexity index is 259. The monoisotopic (exact) mass is 225 g/mol. The minimum absolute atomic E-state index is 0.428. The third kappa shape index (κ3) is 2.40. The van der Waals surface area contributed by atoms with Crippen LogP contribution in [0.2, 0.25) is 0 Å². The van der Waals surface area contributed by atoms with Crippen LogP contribution in [-0.2, 0) is 4.79 Å². The second-order valence-corrected chi connectivity index (χ2v) is 5.78. The van der Waals surface area contributed by atoms with Crippen molar-refractivity contribution in [1.82, 2.24) is 4.90 Å². The number of likely N-dealkylation sites (tertiary alicyclic amines) is 1. The average Bonchev–Trinajstić information content (AvgIpc) is 2.65. The Balaban J connectivity index is 1.99. The van der Waals surface area contributed by atoms with Crippen LogP contribution >= 0.6 is 0 Å². The maximum Gasteiger partial charge on any atom is 0.310 e. The summed E-state index contributed by atoms with van der Waals surface area (Å²) in [5.41, 5.74) is -0.428. The van der Waals surface area contributed by atoms with Gasteiger partial charge >= 0.3 is 5.97 Å². The summed E-state index contributed by atoms with van der Waals surface area (Å²) < 4.78 is 0. The van der Waals surface area contributed by atoms with E-state index in [-0.39, 0.29) is 0 Å². The molecule has 1 N–H and O–H groups in total. The second-order valence-electron chi connectivity index (χ2n) is 5.78. The van der Waals surface area contributed by atoms with Crippen molar-refractivity contribution in [2.45, 2.75) is 45.4 Å². The number of carboxylic acid groups (broad SMARTS) is 1. The lowest BCUT2D eigenvalue weighted by Gasteiger charge is -2.36. The summed E-state index contributed by atoms with van der Waals surface area (Å²) in [5, 5.41) is 9.49. The summed E-state index contributed by atoms with van der Waals surface area (Å²) in [4.78, 5) is 13.9. The molecule has 1 aliphatic heterocycles. The highest BCUT2D eigenvalue weighted by Gasteiger charge is 2.41. The maximum atomic E-state index is 11.5. The first-order valence-corrected chi connectivity index (χ1v) is 6.58. The van der Waals surface area contributed by atoms with E-state index in [2.05, 4.69) is 11.8 Å². The molecule has 0 aromatic rings. The van der Waals surface area contributed by atoms with Crippen molar-refractivity contribution >= 4 is 5.97 Å². The van der Waals surface area contributed by atoms with Gasteiger partial charge in [0.15, 0.2) is 0 Å². The molecule has 1 heterocycles. The van der Waals surface area contributed by atoms with Crippen LogP contribution in [-0.4, -0.2) is 35.6 Å². The number of hydrogen-bond donors (Lipinski definition) is 1. The number of nitrogens with zero attached hydrogens (tertiary/aromatic N) is 1. The molecule has 2 fully saturated rings. The second kappa shape index (κ2) is 4.74. The molecule has 16 heavy (non-hydrogen) atoms. The summed E-state index contributed by atoms with van der Waals surface area (Å²) in [6.07, 6.45) is 6.40. The number of carbonyl (C=O) groups is 1. The van der Waals surface area contributed by atoms with E-state index in [0.717, 1.165) is 51.2 Å². The van der Waals surface area contributed by atoms with Gasteiger partial charge < -0.3 is 10.0 Å². The fraction of sp³-hybridized carbons (Fsp3) is 0.923. The summed E-state index contributed by atoms with van der Waals surface area (Å²) in [6.45, 7) is 5.23. The van der Waals surface area contributed by atoms with E-state index < -0.39 is 11.4 Å². The zero-order valence-electron chi connectivity index (χ0n) is 10.2. The van der Waals surface area contributed by atoms with Crippen molar-refractivity contribution in [3.05, 3.63) is 0 Å². The van der Waals surface area contributed by atoms with E-state index in [9.17, 15) is 9.90 Å². The molecule has 92 valence electrons. The van der Waals surface area contributed by atoms with Gasteiger partial charge in [0.25, 0.3) is 0 Å². The van der Waals surface area contributed by atoms with Crippen LogP contribution in [0.3, 0.4) is 0 Å². The van der Waals surface area contributed by atoms with Gasteiger partial charge in [0.05, 0.1) is 5.41 Å². The van der Waals surface area contributed by atoms with Crippen LogP contribution in [0.25, 0.3) is 0 Å². The summed E-state index contributed by atoms with van der Waals surface area (Å²) >= 11 is 0. The molecule has 0 spiro atoms. The predicted octanol–water partition coefficient (Wildman–Crippen LogP) is 2.36. The van der Waals surface area contributed by atoms with Gasteiger partial charge in [0, 0.05) is 13.1 Å². The Morgan fingerprint density at radius 3 is 2.56 bits per heavy atom. The normalized spacial score (nSPS) is 30.4. The zero-order chi connectivity index (χ0) is 11.6. The van der Waals surface area contributed by atoms with Gasteiger partial charge in [-0.3, -0.25) is 4.79 Å². The summed E-state index contributed by atoms with van der Waals surface area (Å²) in [6, 6.07) is 0. The first-order chi connectivity index (χ1) is 7.62. The number of hydrogen-bond acceptors (Lipinski definition) is 2. The predicted molar refractivity (Wildman–Crippen MR) is 63.4 cm³/mol. The molecular weight excluding hydrogens is 202 g/mol. The molecular formula is C13H23NO2. The van der Waals surface area contributed by atoms with Crippen molar-refractivity contribution in [3.63, 3.8) is 0 Å². The lowest BCUT2D eigenvalue weighted by molar-refractivity contribution is -0.152. The third-order valence-corrected chi connectivity index (χ3v) is 4.30. The smallest absolute Gasteiger partial charge is 0.310 e. The van der Waals surface area contributed by atoms with E-state index in [4.69, 9.17) is 0 Å². The highest BCUT2D eigenvalue weighted by atomic mass is 16.4. The van der Waals surface area contributed by atoms with Gasteiger partial charge in [0.1, 0.15) is 0 Å². The molecule has 1 saturated carbocycles. The van der Waals surface area contributed by atoms with E-state index in [0.29, 0.717) is 0 Å². The molecule has 0 unspecified atom stereocenters. The highest BCUT2D eigenvalue weighted by Crippen LogP contribution is 2.38. The molecule has 3 nitrogen and oxygen atoms in total. The van der Waals surface area contributed by atoms with Crippen LogP contribution in [0.4, 0.5) is 0 Å². The van der Waals surface area contributed by atoms with Gasteiger partial charge in [-0.05, 0) is 31.7 Å². The zero-order valence-corrected chi connectivity index (χ0v) is 10.2. The Morgan fingerprint density at radius 1 is 1.38 bits per heavy atom.